The highest BCUT2D eigenvalue weighted by Gasteiger charge is 2.40. The van der Waals surface area contributed by atoms with E-state index < -0.39 is 0 Å². The van der Waals surface area contributed by atoms with Gasteiger partial charge in [0, 0.05) is 24.7 Å². The number of rotatable bonds is 4. The molecule has 4 atom stereocenters. The van der Waals surface area contributed by atoms with Crippen LogP contribution < -0.4 is 5.32 Å². The largest absolute Gasteiger partial charge is 0.314 e. The van der Waals surface area contributed by atoms with Crippen LogP contribution in [-0.2, 0) is 0 Å². The highest BCUT2D eigenvalue weighted by atomic mass is 15.2. The molecular formula is C14H28N2. The quantitative estimate of drug-likeness (QED) is 0.789. The smallest absolute Gasteiger partial charge is 0.0139 e. The third kappa shape index (κ3) is 2.60. The molecule has 0 radical (unpaired) electrons. The van der Waals surface area contributed by atoms with Gasteiger partial charge in [0.1, 0.15) is 0 Å². The molecule has 0 aromatic carbocycles. The van der Waals surface area contributed by atoms with Crippen LogP contribution in [0.15, 0.2) is 0 Å². The number of hydrogen-bond donors (Lipinski definition) is 1. The maximum Gasteiger partial charge on any atom is 0.0139 e. The van der Waals surface area contributed by atoms with Gasteiger partial charge in [-0.05, 0) is 44.6 Å². The van der Waals surface area contributed by atoms with Gasteiger partial charge in [0.25, 0.3) is 0 Å². The van der Waals surface area contributed by atoms with Gasteiger partial charge in [0.15, 0.2) is 0 Å². The minimum absolute atomic E-state index is 0.635. The Morgan fingerprint density at radius 3 is 2.44 bits per heavy atom. The average molecular weight is 224 g/mol. The van der Waals surface area contributed by atoms with Crippen LogP contribution in [0.4, 0.5) is 0 Å². The zero-order chi connectivity index (χ0) is 11.7. The standard InChI is InChI=1S/C14H28N2/c1-10(2)15-8-13-5-6-14(13)16-9-11(3)7-12(16)4/h10-15H,5-9H2,1-4H3. The summed E-state index contributed by atoms with van der Waals surface area (Å²) in [5, 5.41) is 3.60. The maximum atomic E-state index is 3.60. The van der Waals surface area contributed by atoms with Crippen LogP contribution in [-0.4, -0.2) is 36.1 Å². The summed E-state index contributed by atoms with van der Waals surface area (Å²) in [7, 11) is 0. The normalized spacial score (nSPS) is 40.3. The first-order valence-electron chi connectivity index (χ1n) is 7.07. The Kier molecular flexibility index (Phi) is 3.91. The van der Waals surface area contributed by atoms with E-state index in [1.54, 1.807) is 0 Å². The van der Waals surface area contributed by atoms with Gasteiger partial charge >= 0.3 is 0 Å². The van der Waals surface area contributed by atoms with Crippen LogP contribution >= 0.6 is 0 Å². The van der Waals surface area contributed by atoms with Crippen molar-refractivity contribution in [3.05, 3.63) is 0 Å². The lowest BCUT2D eigenvalue weighted by molar-refractivity contribution is 0.0541. The lowest BCUT2D eigenvalue weighted by atomic mass is 9.78. The number of nitrogens with zero attached hydrogens (tertiary/aromatic N) is 1. The molecule has 2 nitrogen and oxygen atoms in total. The number of likely N-dealkylation sites (tertiary alicyclic amines) is 1. The summed E-state index contributed by atoms with van der Waals surface area (Å²) < 4.78 is 0. The first-order valence-corrected chi connectivity index (χ1v) is 7.07. The molecule has 2 rings (SSSR count). The van der Waals surface area contributed by atoms with Crippen LogP contribution in [0.25, 0.3) is 0 Å². The minimum Gasteiger partial charge on any atom is -0.314 e. The Hall–Kier alpha value is -0.0800. The molecule has 2 aliphatic rings. The van der Waals surface area contributed by atoms with E-state index in [-0.39, 0.29) is 0 Å². The van der Waals surface area contributed by atoms with Crippen molar-refractivity contribution in [2.45, 2.75) is 65.1 Å². The molecule has 2 fully saturated rings. The molecule has 0 spiro atoms. The summed E-state index contributed by atoms with van der Waals surface area (Å²) in [6.07, 6.45) is 4.27. The van der Waals surface area contributed by atoms with Crippen LogP contribution in [0.2, 0.25) is 0 Å². The Morgan fingerprint density at radius 2 is 2.00 bits per heavy atom. The summed E-state index contributed by atoms with van der Waals surface area (Å²) in [4.78, 5) is 2.78. The minimum atomic E-state index is 0.635. The van der Waals surface area contributed by atoms with Crippen molar-refractivity contribution in [1.29, 1.82) is 0 Å². The van der Waals surface area contributed by atoms with Crippen molar-refractivity contribution in [1.82, 2.24) is 10.2 Å². The molecule has 0 bridgehead atoms. The van der Waals surface area contributed by atoms with Crippen molar-refractivity contribution in [2.24, 2.45) is 11.8 Å². The Bertz CT molecular complexity index is 227. The zero-order valence-electron chi connectivity index (χ0n) is 11.4. The molecule has 4 unspecified atom stereocenters. The highest BCUT2D eigenvalue weighted by molar-refractivity contribution is 4.95. The van der Waals surface area contributed by atoms with Crippen molar-refractivity contribution >= 4 is 0 Å². The van der Waals surface area contributed by atoms with E-state index in [0.29, 0.717) is 6.04 Å². The van der Waals surface area contributed by atoms with Gasteiger partial charge in [-0.1, -0.05) is 20.8 Å². The summed E-state index contributed by atoms with van der Waals surface area (Å²) in [6.45, 7) is 11.9. The SMILES string of the molecule is CC1CC(C)N(C2CCC2CNC(C)C)C1. The molecule has 0 aromatic rings. The van der Waals surface area contributed by atoms with Gasteiger partial charge in [0.05, 0.1) is 0 Å². The molecule has 1 saturated heterocycles. The third-order valence-corrected chi connectivity index (χ3v) is 4.42. The molecule has 94 valence electrons. The second-order valence-electron chi connectivity index (χ2n) is 6.35. The van der Waals surface area contributed by atoms with Crippen molar-refractivity contribution < 1.29 is 0 Å². The van der Waals surface area contributed by atoms with Gasteiger partial charge in [-0.3, -0.25) is 4.90 Å². The van der Waals surface area contributed by atoms with E-state index in [1.807, 2.05) is 0 Å². The van der Waals surface area contributed by atoms with Crippen LogP contribution in [0.3, 0.4) is 0 Å². The summed E-state index contributed by atoms with van der Waals surface area (Å²) in [5.74, 6) is 1.82. The fraction of sp³-hybridized carbons (Fsp3) is 1.00. The molecule has 1 heterocycles. The summed E-state index contributed by atoms with van der Waals surface area (Å²) in [5.41, 5.74) is 0. The van der Waals surface area contributed by atoms with E-state index >= 15 is 0 Å². The summed E-state index contributed by atoms with van der Waals surface area (Å²) in [6, 6.07) is 2.34. The van der Waals surface area contributed by atoms with Crippen LogP contribution in [0.1, 0.15) is 47.0 Å². The fourth-order valence-corrected chi connectivity index (χ4v) is 3.41. The van der Waals surface area contributed by atoms with E-state index in [0.717, 1.165) is 23.9 Å². The monoisotopic (exact) mass is 224 g/mol. The molecule has 1 saturated carbocycles. The van der Waals surface area contributed by atoms with Crippen molar-refractivity contribution in [3.8, 4) is 0 Å². The molecule has 1 aliphatic carbocycles. The highest BCUT2D eigenvalue weighted by Crippen LogP contribution is 2.37. The van der Waals surface area contributed by atoms with Gasteiger partial charge in [-0.25, -0.2) is 0 Å². The topological polar surface area (TPSA) is 15.3 Å². The van der Waals surface area contributed by atoms with Gasteiger partial charge in [-0.15, -0.1) is 0 Å². The van der Waals surface area contributed by atoms with E-state index in [4.69, 9.17) is 0 Å². The first kappa shape index (κ1) is 12.4. The average Bonchev–Trinajstić information content (AvgIpc) is 2.43. The number of hydrogen-bond acceptors (Lipinski definition) is 2. The molecule has 16 heavy (non-hydrogen) atoms. The number of nitrogens with one attached hydrogen (secondary N) is 1. The molecule has 1 N–H and O–H groups in total. The lowest BCUT2D eigenvalue weighted by Gasteiger charge is -2.45. The Balaban J connectivity index is 1.81. The van der Waals surface area contributed by atoms with Crippen molar-refractivity contribution in [3.63, 3.8) is 0 Å². The van der Waals surface area contributed by atoms with Gasteiger partial charge < -0.3 is 5.32 Å². The van der Waals surface area contributed by atoms with E-state index in [9.17, 15) is 0 Å². The Labute approximate surface area is 101 Å². The second kappa shape index (κ2) is 5.05. The van der Waals surface area contributed by atoms with Gasteiger partial charge in [0.2, 0.25) is 0 Å². The van der Waals surface area contributed by atoms with Crippen LogP contribution in [0.5, 0.6) is 0 Å². The fourth-order valence-electron chi connectivity index (χ4n) is 3.41. The maximum absolute atomic E-state index is 3.60. The Morgan fingerprint density at radius 1 is 1.25 bits per heavy atom. The predicted molar refractivity (Wildman–Crippen MR) is 69.6 cm³/mol. The zero-order valence-corrected chi connectivity index (χ0v) is 11.4. The predicted octanol–water partition coefficient (Wildman–Crippen LogP) is 2.49. The molecule has 1 aliphatic heterocycles. The summed E-state index contributed by atoms with van der Waals surface area (Å²) >= 11 is 0. The van der Waals surface area contributed by atoms with E-state index in [2.05, 4.69) is 37.9 Å². The molecule has 2 heteroatoms. The van der Waals surface area contributed by atoms with Gasteiger partial charge in [-0.2, -0.15) is 0 Å². The third-order valence-electron chi connectivity index (χ3n) is 4.42. The first-order chi connectivity index (χ1) is 7.58. The molecule has 0 amide bonds. The van der Waals surface area contributed by atoms with Crippen LogP contribution in [0, 0.1) is 11.8 Å². The second-order valence-corrected chi connectivity index (χ2v) is 6.35. The molecular weight excluding hydrogens is 196 g/mol. The lowest BCUT2D eigenvalue weighted by Crippen LogP contribution is -2.52. The molecule has 0 aromatic heterocycles. The van der Waals surface area contributed by atoms with Crippen molar-refractivity contribution in [2.75, 3.05) is 13.1 Å². The van der Waals surface area contributed by atoms with E-state index in [1.165, 1.54) is 32.4 Å².